The van der Waals surface area contributed by atoms with Gasteiger partial charge in [0.15, 0.2) is 0 Å². The lowest BCUT2D eigenvalue weighted by Gasteiger charge is -2.06. The van der Waals surface area contributed by atoms with Crippen molar-refractivity contribution in [2.75, 3.05) is 0 Å². The first-order valence-electron chi connectivity index (χ1n) is 12.4. The molecule has 1 rings (SSSR count). The van der Waals surface area contributed by atoms with E-state index in [0.29, 0.717) is 0 Å². The molecule has 2 nitrogen and oxygen atoms in total. The summed E-state index contributed by atoms with van der Waals surface area (Å²) in [6.45, 7) is 9.34. The largest absolute Gasteiger partial charge is 0.256 e. The molecule has 0 fully saturated rings. The van der Waals surface area contributed by atoms with E-state index in [1.54, 1.807) is 5.82 Å². The van der Waals surface area contributed by atoms with Crippen molar-refractivity contribution in [3.8, 4) is 0 Å². The van der Waals surface area contributed by atoms with Crippen LogP contribution in [0.25, 0.3) is 0 Å². The van der Waals surface area contributed by atoms with Gasteiger partial charge in [0, 0.05) is 6.42 Å². The molecule has 2 heteroatoms. The molecule has 0 saturated heterocycles. The highest BCUT2D eigenvalue weighted by Crippen LogP contribution is 2.11. The first-order chi connectivity index (χ1) is 13.3. The Labute approximate surface area is 170 Å². The van der Waals surface area contributed by atoms with E-state index in [2.05, 4.69) is 42.3 Å². The van der Waals surface area contributed by atoms with Gasteiger partial charge in [0.2, 0.25) is 0 Å². The fourth-order valence-corrected chi connectivity index (χ4v) is 4.03. The standard InChI is InChI=1S/C25H49N2/c1-4-7-10-13-14-16-19-22-27-24-23-26(21-18-12-9-6-3)25(27)20-17-15-11-8-5-2/h23-24H,4-22H2,1-3H3/q+1. The third-order valence-electron chi connectivity index (χ3n) is 5.85. The second-order valence-electron chi connectivity index (χ2n) is 8.45. The van der Waals surface area contributed by atoms with Crippen LogP contribution < -0.4 is 4.57 Å². The summed E-state index contributed by atoms with van der Waals surface area (Å²) in [6.07, 6.45) is 28.1. The molecule has 0 spiro atoms. The van der Waals surface area contributed by atoms with Gasteiger partial charge in [-0.05, 0) is 32.1 Å². The van der Waals surface area contributed by atoms with Crippen LogP contribution in [0.4, 0.5) is 0 Å². The molecule has 0 aliphatic heterocycles. The second-order valence-corrected chi connectivity index (χ2v) is 8.45. The molecule has 158 valence electrons. The normalized spacial score (nSPS) is 11.4. The second kappa shape index (κ2) is 17.3. The van der Waals surface area contributed by atoms with E-state index in [1.807, 2.05) is 0 Å². The van der Waals surface area contributed by atoms with Gasteiger partial charge in [-0.2, -0.15) is 0 Å². The lowest BCUT2D eigenvalue weighted by Crippen LogP contribution is -2.37. The Hall–Kier alpha value is -0.790. The van der Waals surface area contributed by atoms with E-state index in [0.717, 1.165) is 0 Å². The number of aryl methyl sites for hydroxylation is 2. The van der Waals surface area contributed by atoms with Crippen LogP contribution >= 0.6 is 0 Å². The molecule has 0 aliphatic carbocycles. The number of rotatable bonds is 19. The Morgan fingerprint density at radius 1 is 0.630 bits per heavy atom. The predicted molar refractivity (Wildman–Crippen MR) is 119 cm³/mol. The van der Waals surface area contributed by atoms with E-state index >= 15 is 0 Å². The van der Waals surface area contributed by atoms with Crippen LogP contribution in [0.5, 0.6) is 0 Å². The molecule has 0 unspecified atom stereocenters. The molecule has 0 saturated carbocycles. The molecule has 0 amide bonds. The Morgan fingerprint density at radius 3 is 1.78 bits per heavy atom. The highest BCUT2D eigenvalue weighted by molar-refractivity contribution is 4.84. The first-order valence-corrected chi connectivity index (χ1v) is 12.4. The summed E-state index contributed by atoms with van der Waals surface area (Å²) in [4.78, 5) is 0. The molecule has 0 radical (unpaired) electrons. The summed E-state index contributed by atoms with van der Waals surface area (Å²) in [5, 5.41) is 0. The molecular weight excluding hydrogens is 328 g/mol. The maximum absolute atomic E-state index is 2.58. The molecule has 1 heterocycles. The third kappa shape index (κ3) is 11.6. The molecule has 0 N–H and O–H groups in total. The van der Waals surface area contributed by atoms with Crippen molar-refractivity contribution in [1.82, 2.24) is 4.57 Å². The van der Waals surface area contributed by atoms with Crippen molar-refractivity contribution >= 4 is 0 Å². The predicted octanol–water partition coefficient (Wildman–Crippen LogP) is 7.62. The highest BCUT2D eigenvalue weighted by Gasteiger charge is 2.16. The number of nitrogens with zero attached hydrogens (tertiary/aromatic N) is 2. The zero-order valence-corrected chi connectivity index (χ0v) is 19.0. The van der Waals surface area contributed by atoms with Crippen LogP contribution in [0.15, 0.2) is 12.4 Å². The third-order valence-corrected chi connectivity index (χ3v) is 5.85. The number of imidazole rings is 1. The minimum absolute atomic E-state index is 1.22. The summed E-state index contributed by atoms with van der Waals surface area (Å²) >= 11 is 0. The van der Waals surface area contributed by atoms with E-state index in [4.69, 9.17) is 0 Å². The number of aromatic nitrogens is 2. The van der Waals surface area contributed by atoms with Crippen LogP contribution in [-0.4, -0.2) is 4.57 Å². The number of unbranched alkanes of at least 4 members (excludes halogenated alkanes) is 13. The fourth-order valence-electron chi connectivity index (χ4n) is 4.03. The SMILES string of the molecule is CCCCCCCCC[n+]1ccn(CCCCCC)c1CCCCCCC. The van der Waals surface area contributed by atoms with Crippen LogP contribution in [0.2, 0.25) is 0 Å². The molecule has 27 heavy (non-hydrogen) atoms. The van der Waals surface area contributed by atoms with Crippen molar-refractivity contribution in [2.45, 2.75) is 143 Å². The van der Waals surface area contributed by atoms with Gasteiger partial charge in [0.05, 0.1) is 13.1 Å². The van der Waals surface area contributed by atoms with Crippen molar-refractivity contribution in [2.24, 2.45) is 0 Å². The van der Waals surface area contributed by atoms with E-state index in [-0.39, 0.29) is 0 Å². The lowest BCUT2D eigenvalue weighted by atomic mass is 10.1. The molecule has 0 aromatic carbocycles. The molecule has 0 bridgehead atoms. The van der Waals surface area contributed by atoms with Crippen LogP contribution in [-0.2, 0) is 19.5 Å². The van der Waals surface area contributed by atoms with Gasteiger partial charge in [-0.25, -0.2) is 9.13 Å². The minimum Gasteiger partial charge on any atom is -0.234 e. The molecule has 0 atom stereocenters. The monoisotopic (exact) mass is 377 g/mol. The number of hydrogen-bond donors (Lipinski definition) is 0. The van der Waals surface area contributed by atoms with Crippen molar-refractivity contribution in [3.63, 3.8) is 0 Å². The van der Waals surface area contributed by atoms with E-state index < -0.39 is 0 Å². The Morgan fingerprint density at radius 2 is 1.15 bits per heavy atom. The van der Waals surface area contributed by atoms with Crippen molar-refractivity contribution in [3.05, 3.63) is 18.2 Å². The van der Waals surface area contributed by atoms with E-state index in [1.165, 1.54) is 122 Å². The van der Waals surface area contributed by atoms with Gasteiger partial charge in [-0.15, -0.1) is 0 Å². The summed E-state index contributed by atoms with van der Waals surface area (Å²) in [6, 6.07) is 0. The van der Waals surface area contributed by atoms with Crippen LogP contribution in [0.1, 0.15) is 129 Å². The summed E-state index contributed by atoms with van der Waals surface area (Å²) in [5.41, 5.74) is 0. The molecule has 0 aliphatic rings. The molecule has 1 aromatic heterocycles. The highest BCUT2D eigenvalue weighted by atomic mass is 15.1. The summed E-state index contributed by atoms with van der Waals surface area (Å²) < 4.78 is 5.14. The number of hydrogen-bond acceptors (Lipinski definition) is 0. The Bertz CT molecular complexity index is 436. The zero-order chi connectivity index (χ0) is 19.6. The maximum Gasteiger partial charge on any atom is 0.256 e. The van der Waals surface area contributed by atoms with Gasteiger partial charge in [0.1, 0.15) is 12.4 Å². The van der Waals surface area contributed by atoms with Gasteiger partial charge < -0.3 is 0 Å². The fraction of sp³-hybridized carbons (Fsp3) is 0.880. The first kappa shape index (κ1) is 24.2. The summed E-state index contributed by atoms with van der Waals surface area (Å²) in [5.74, 6) is 1.59. The van der Waals surface area contributed by atoms with Crippen molar-refractivity contribution < 1.29 is 4.57 Å². The average Bonchev–Trinajstić information content (AvgIpc) is 3.06. The lowest BCUT2D eigenvalue weighted by molar-refractivity contribution is -0.704. The van der Waals surface area contributed by atoms with Gasteiger partial charge in [-0.3, -0.25) is 0 Å². The average molecular weight is 378 g/mol. The molecule has 1 aromatic rings. The van der Waals surface area contributed by atoms with Gasteiger partial charge in [-0.1, -0.05) is 91.4 Å². The van der Waals surface area contributed by atoms with Crippen LogP contribution in [0.3, 0.4) is 0 Å². The van der Waals surface area contributed by atoms with E-state index in [9.17, 15) is 0 Å². The van der Waals surface area contributed by atoms with Crippen molar-refractivity contribution in [1.29, 1.82) is 0 Å². The zero-order valence-electron chi connectivity index (χ0n) is 19.0. The summed E-state index contributed by atoms with van der Waals surface area (Å²) in [7, 11) is 0. The maximum atomic E-state index is 2.58. The van der Waals surface area contributed by atoms with Gasteiger partial charge >= 0.3 is 0 Å². The minimum atomic E-state index is 1.22. The molecular formula is C25H49N2+. The van der Waals surface area contributed by atoms with Crippen LogP contribution in [0, 0.1) is 0 Å². The Kier molecular flexibility index (Phi) is 15.6. The topological polar surface area (TPSA) is 8.81 Å². The quantitative estimate of drug-likeness (QED) is 0.173. The van der Waals surface area contributed by atoms with Gasteiger partial charge in [0.25, 0.3) is 5.82 Å². The Balaban J connectivity index is 2.43. The smallest absolute Gasteiger partial charge is 0.234 e.